The summed E-state index contributed by atoms with van der Waals surface area (Å²) in [6.45, 7) is 4.36. The fourth-order valence-electron chi connectivity index (χ4n) is 3.43. The van der Waals surface area contributed by atoms with Crippen molar-refractivity contribution in [2.75, 3.05) is 51.7 Å². The third-order valence-electron chi connectivity index (χ3n) is 4.87. The molecule has 0 aliphatic carbocycles. The number of anilines is 1. The van der Waals surface area contributed by atoms with E-state index in [1.807, 2.05) is 10.3 Å². The molecule has 2 atom stereocenters. The van der Waals surface area contributed by atoms with Crippen LogP contribution in [0, 0.1) is 11.8 Å². The van der Waals surface area contributed by atoms with Gasteiger partial charge in [0.25, 0.3) is 0 Å². The van der Waals surface area contributed by atoms with Crippen molar-refractivity contribution in [2.24, 2.45) is 11.8 Å². The van der Waals surface area contributed by atoms with Gasteiger partial charge in [0.2, 0.25) is 11.8 Å². The van der Waals surface area contributed by atoms with Crippen LogP contribution in [-0.4, -0.2) is 67.6 Å². The van der Waals surface area contributed by atoms with E-state index in [1.54, 1.807) is 0 Å². The molecule has 0 saturated carbocycles. The van der Waals surface area contributed by atoms with Crippen LogP contribution in [-0.2, 0) is 20.7 Å². The Kier molecular flexibility index (Phi) is 6.81. The maximum Gasteiger partial charge on any atom is 0.227 e. The summed E-state index contributed by atoms with van der Waals surface area (Å²) in [5.74, 6) is -0.126. The Labute approximate surface area is 157 Å². The van der Waals surface area contributed by atoms with Gasteiger partial charge in [0.15, 0.2) is 5.13 Å². The Bertz CT molecular complexity index is 617. The number of morpholine rings is 1. The molecule has 2 fully saturated rings. The number of amides is 2. The van der Waals surface area contributed by atoms with E-state index >= 15 is 0 Å². The third-order valence-corrected chi connectivity index (χ3v) is 5.59. The number of carbonyl (C=O) groups excluding carboxylic acids is 2. The maximum absolute atomic E-state index is 12.6. The Morgan fingerprint density at radius 1 is 1.35 bits per heavy atom. The minimum absolute atomic E-state index is 0.0229. The van der Waals surface area contributed by atoms with Crippen molar-refractivity contribution in [3.05, 3.63) is 11.1 Å². The molecular formula is C17H27N5O3S. The summed E-state index contributed by atoms with van der Waals surface area (Å²) in [6, 6.07) is 0. The minimum Gasteiger partial charge on any atom is -0.378 e. The summed E-state index contributed by atoms with van der Waals surface area (Å²) < 4.78 is 5.30. The monoisotopic (exact) mass is 381 g/mol. The summed E-state index contributed by atoms with van der Waals surface area (Å²) in [4.78, 5) is 31.1. The van der Waals surface area contributed by atoms with Crippen molar-refractivity contribution in [2.45, 2.75) is 19.3 Å². The molecule has 0 radical (unpaired) electrons. The van der Waals surface area contributed by atoms with Gasteiger partial charge < -0.3 is 26.0 Å². The van der Waals surface area contributed by atoms with Gasteiger partial charge in [-0.15, -0.1) is 11.3 Å². The topological polar surface area (TPSA) is 110 Å². The Balaban J connectivity index is 1.40. The van der Waals surface area contributed by atoms with E-state index in [4.69, 9.17) is 10.5 Å². The van der Waals surface area contributed by atoms with E-state index in [0.717, 1.165) is 18.5 Å². The smallest absolute Gasteiger partial charge is 0.227 e. The van der Waals surface area contributed by atoms with Gasteiger partial charge in [-0.05, 0) is 19.3 Å². The zero-order valence-corrected chi connectivity index (χ0v) is 15.7. The van der Waals surface area contributed by atoms with E-state index < -0.39 is 0 Å². The van der Waals surface area contributed by atoms with Gasteiger partial charge in [0.05, 0.1) is 30.7 Å². The first-order valence-electron chi connectivity index (χ1n) is 9.18. The number of carbonyl (C=O) groups is 2. The Morgan fingerprint density at radius 3 is 2.85 bits per heavy atom. The maximum atomic E-state index is 12.6. The zero-order valence-electron chi connectivity index (χ0n) is 14.9. The largest absolute Gasteiger partial charge is 0.378 e. The van der Waals surface area contributed by atoms with E-state index in [0.29, 0.717) is 57.5 Å². The number of rotatable bonds is 6. The normalized spacial score (nSPS) is 23.6. The summed E-state index contributed by atoms with van der Waals surface area (Å²) in [5.41, 5.74) is 6.58. The van der Waals surface area contributed by atoms with Crippen LogP contribution in [0.2, 0.25) is 0 Å². The van der Waals surface area contributed by atoms with Crippen molar-refractivity contribution >= 4 is 28.3 Å². The van der Waals surface area contributed by atoms with Crippen LogP contribution in [0.1, 0.15) is 18.5 Å². The van der Waals surface area contributed by atoms with Gasteiger partial charge >= 0.3 is 0 Å². The molecule has 9 heteroatoms. The molecule has 0 spiro atoms. The van der Waals surface area contributed by atoms with Crippen molar-refractivity contribution in [3.63, 3.8) is 0 Å². The minimum atomic E-state index is -0.159. The number of hydrogen-bond donors (Lipinski definition) is 3. The average Bonchev–Trinajstić information content (AvgIpc) is 3.10. The first-order chi connectivity index (χ1) is 12.6. The molecule has 144 valence electrons. The fourth-order valence-corrected chi connectivity index (χ4v) is 4.03. The van der Waals surface area contributed by atoms with Crippen LogP contribution < -0.4 is 16.4 Å². The summed E-state index contributed by atoms with van der Waals surface area (Å²) in [6.07, 6.45) is 2.23. The third kappa shape index (κ3) is 5.15. The molecule has 0 bridgehead atoms. The van der Waals surface area contributed by atoms with Gasteiger partial charge in [0.1, 0.15) is 0 Å². The highest BCUT2D eigenvalue weighted by Gasteiger charge is 2.33. The van der Waals surface area contributed by atoms with Crippen molar-refractivity contribution in [1.29, 1.82) is 0 Å². The molecule has 2 aliphatic rings. The SMILES string of the molecule is Nc1nc(CCCNC(=O)[C@@H]2CNC[C@H](C(=O)N3CCOCC3)C2)cs1. The molecule has 8 nitrogen and oxygen atoms in total. The van der Waals surface area contributed by atoms with E-state index in [9.17, 15) is 9.59 Å². The molecule has 4 N–H and O–H groups in total. The number of ether oxygens (including phenoxy) is 1. The molecule has 0 aromatic carbocycles. The lowest BCUT2D eigenvalue weighted by atomic mass is 9.88. The number of piperidine rings is 1. The molecule has 1 aromatic rings. The highest BCUT2D eigenvalue weighted by molar-refractivity contribution is 7.13. The molecule has 2 saturated heterocycles. The van der Waals surface area contributed by atoms with Gasteiger partial charge in [-0.25, -0.2) is 4.98 Å². The fraction of sp³-hybridized carbons (Fsp3) is 0.706. The van der Waals surface area contributed by atoms with Gasteiger partial charge in [-0.3, -0.25) is 9.59 Å². The van der Waals surface area contributed by atoms with Gasteiger partial charge in [0, 0.05) is 38.1 Å². The number of nitrogens with zero attached hydrogens (tertiary/aromatic N) is 2. The quantitative estimate of drug-likeness (QED) is 0.592. The van der Waals surface area contributed by atoms with Crippen LogP contribution in [0.25, 0.3) is 0 Å². The van der Waals surface area contributed by atoms with Gasteiger partial charge in [-0.1, -0.05) is 0 Å². The van der Waals surface area contributed by atoms with Crippen molar-refractivity contribution in [1.82, 2.24) is 20.5 Å². The first kappa shape index (κ1) is 19.1. The number of thiazole rings is 1. The molecule has 2 aliphatic heterocycles. The molecule has 26 heavy (non-hydrogen) atoms. The van der Waals surface area contributed by atoms with Crippen molar-refractivity contribution < 1.29 is 14.3 Å². The number of nitrogen functional groups attached to an aromatic ring is 1. The van der Waals surface area contributed by atoms with Crippen molar-refractivity contribution in [3.8, 4) is 0 Å². The number of aryl methyl sites for hydroxylation is 1. The van der Waals surface area contributed by atoms with Crippen LogP contribution >= 0.6 is 11.3 Å². The number of aromatic nitrogens is 1. The standard InChI is InChI=1S/C17H27N5O3S/c18-17-21-14(11-26-17)2-1-3-20-15(23)12-8-13(10-19-9-12)16(24)22-4-6-25-7-5-22/h11-13,19H,1-10H2,(H2,18,21)(H,20,23)/t12-,13+/m0/s1. The second-order valence-corrected chi connectivity index (χ2v) is 7.69. The van der Waals surface area contributed by atoms with Gasteiger partial charge in [-0.2, -0.15) is 0 Å². The van der Waals surface area contributed by atoms with Crippen LogP contribution in [0.15, 0.2) is 5.38 Å². The second kappa shape index (κ2) is 9.29. The summed E-state index contributed by atoms with van der Waals surface area (Å²) in [5, 5.41) is 8.76. The van der Waals surface area contributed by atoms with Crippen LogP contribution in [0.3, 0.4) is 0 Å². The number of hydrogen-bond acceptors (Lipinski definition) is 7. The zero-order chi connectivity index (χ0) is 18.4. The molecule has 0 unspecified atom stereocenters. The first-order valence-corrected chi connectivity index (χ1v) is 10.1. The number of nitrogens with one attached hydrogen (secondary N) is 2. The predicted molar refractivity (Wildman–Crippen MR) is 99.7 cm³/mol. The molecule has 3 rings (SSSR count). The molecule has 1 aromatic heterocycles. The van der Waals surface area contributed by atoms with E-state index in [-0.39, 0.29) is 23.7 Å². The molecule has 2 amide bonds. The van der Waals surface area contributed by atoms with E-state index in [1.165, 1.54) is 11.3 Å². The molecule has 3 heterocycles. The highest BCUT2D eigenvalue weighted by Crippen LogP contribution is 2.20. The second-order valence-electron chi connectivity index (χ2n) is 6.80. The van der Waals surface area contributed by atoms with E-state index in [2.05, 4.69) is 15.6 Å². The lowest BCUT2D eigenvalue weighted by Crippen LogP contribution is -2.51. The highest BCUT2D eigenvalue weighted by atomic mass is 32.1. The lowest BCUT2D eigenvalue weighted by Gasteiger charge is -2.34. The lowest BCUT2D eigenvalue weighted by molar-refractivity contribution is -0.141. The molecular weight excluding hydrogens is 354 g/mol. The summed E-state index contributed by atoms with van der Waals surface area (Å²) in [7, 11) is 0. The Morgan fingerprint density at radius 2 is 2.12 bits per heavy atom. The van der Waals surface area contributed by atoms with Crippen LogP contribution in [0.5, 0.6) is 0 Å². The predicted octanol–water partition coefficient (Wildman–Crippen LogP) is -0.141. The summed E-state index contributed by atoms with van der Waals surface area (Å²) >= 11 is 1.43. The van der Waals surface area contributed by atoms with Crippen LogP contribution in [0.4, 0.5) is 5.13 Å². The Hall–Kier alpha value is -1.71. The average molecular weight is 382 g/mol. The number of nitrogens with two attached hydrogens (primary N) is 1.